The van der Waals surface area contributed by atoms with Crippen LogP contribution in [0, 0.1) is 25.2 Å². The largest absolute Gasteiger partial charge is 0.507 e. The van der Waals surface area contributed by atoms with Crippen molar-refractivity contribution in [1.29, 1.82) is 5.26 Å². The Morgan fingerprint density at radius 1 is 1.11 bits per heavy atom. The lowest BCUT2D eigenvalue weighted by atomic mass is 9.69. The van der Waals surface area contributed by atoms with Crippen molar-refractivity contribution < 1.29 is 29.0 Å². The predicted molar refractivity (Wildman–Crippen MR) is 166 cm³/mol. The van der Waals surface area contributed by atoms with Crippen LogP contribution in [0.25, 0.3) is 0 Å². The molecule has 0 aromatic heterocycles. The third kappa shape index (κ3) is 5.34. The molecule has 1 fully saturated rings. The lowest BCUT2D eigenvalue weighted by Gasteiger charge is -2.60. The van der Waals surface area contributed by atoms with E-state index in [9.17, 15) is 29.5 Å². The summed E-state index contributed by atoms with van der Waals surface area (Å²) in [5.74, 6) is -0.771. The molecule has 45 heavy (non-hydrogen) atoms. The Kier molecular flexibility index (Phi) is 8.21. The Bertz CT molecular complexity index is 1610. The van der Waals surface area contributed by atoms with E-state index in [0.717, 1.165) is 22.3 Å². The number of ether oxygens (including phenoxy) is 1. The van der Waals surface area contributed by atoms with Gasteiger partial charge in [-0.15, -0.1) is 0 Å². The van der Waals surface area contributed by atoms with Crippen LogP contribution in [0.2, 0.25) is 0 Å². The number of ketones is 2. The number of hydrogen-bond acceptors (Lipinski definition) is 9. The fraction of sp³-hybridized carbons (Fsp3) is 0.559. The molecule has 1 aromatic carbocycles. The first-order chi connectivity index (χ1) is 21.0. The molecule has 3 heterocycles. The Balaban J connectivity index is 1.57. The number of piperazine rings is 1. The first kappa shape index (κ1) is 32.4. The van der Waals surface area contributed by atoms with E-state index >= 15 is 0 Å². The van der Waals surface area contributed by atoms with Crippen molar-refractivity contribution in [3.8, 4) is 11.8 Å². The highest BCUT2D eigenvalue weighted by Gasteiger charge is 2.57. The quantitative estimate of drug-likeness (QED) is 0.433. The lowest BCUT2D eigenvalue weighted by Crippen LogP contribution is -2.71. The number of amides is 2. The molecular weight excluding hydrogens is 574 g/mol. The fourth-order valence-electron chi connectivity index (χ4n) is 7.48. The number of hydrogen-bond donors (Lipinski definition) is 3. The van der Waals surface area contributed by atoms with E-state index in [0.29, 0.717) is 28.7 Å². The number of Topliss-reactive ketones (excluding diaryl/α,β-unsaturated/α-hetero) is 2. The Morgan fingerprint density at radius 2 is 1.76 bits per heavy atom. The highest BCUT2D eigenvalue weighted by molar-refractivity contribution is 6.25. The summed E-state index contributed by atoms with van der Waals surface area (Å²) in [6, 6.07) is 1.11. The van der Waals surface area contributed by atoms with E-state index < -0.39 is 41.8 Å². The van der Waals surface area contributed by atoms with E-state index in [1.807, 2.05) is 25.8 Å². The Hall–Kier alpha value is -4.01. The molecule has 1 saturated heterocycles. The molecule has 11 nitrogen and oxygen atoms in total. The average Bonchev–Trinajstić information content (AvgIpc) is 2.95. The maximum atomic E-state index is 13.9. The van der Waals surface area contributed by atoms with E-state index in [-0.39, 0.29) is 42.4 Å². The third-order valence-corrected chi connectivity index (χ3v) is 9.98. The maximum absolute atomic E-state index is 13.9. The number of fused-ring (bicyclic) bond motifs is 6. The molecule has 2 bridgehead atoms. The highest BCUT2D eigenvalue weighted by Crippen LogP contribution is 2.52. The number of phenolic OH excluding ortho intramolecular Hbond substituents is 1. The zero-order valence-electron chi connectivity index (χ0n) is 27.5. The number of alkyl carbamates (subject to hydrolysis) is 1. The molecule has 5 rings (SSSR count). The van der Waals surface area contributed by atoms with Gasteiger partial charge in [-0.3, -0.25) is 24.2 Å². The van der Waals surface area contributed by atoms with Crippen molar-refractivity contribution in [2.24, 2.45) is 0 Å². The van der Waals surface area contributed by atoms with Gasteiger partial charge in [0, 0.05) is 46.5 Å². The summed E-state index contributed by atoms with van der Waals surface area (Å²) in [5.41, 5.74) is 4.20. The number of aryl methyl sites for hydroxylation is 1. The summed E-state index contributed by atoms with van der Waals surface area (Å²) >= 11 is 0. The van der Waals surface area contributed by atoms with Crippen LogP contribution < -0.4 is 10.6 Å². The number of allylic oxidation sites excluding steroid dienone is 2. The molecule has 2 amide bonds. The Morgan fingerprint density at radius 3 is 2.38 bits per heavy atom. The topological polar surface area (TPSA) is 152 Å². The number of nitrogens with one attached hydrogen (secondary N) is 2. The SMILES string of the molecule is CC1=C(C)C(=O)C2=C(CC3C4c5c(cc(C)c(C)c5O)C[C@@H]([C@H](C#N)N3[C@H]2CNC(=O)[C@H](C)NC(=O)OC(C)(C)C)N4C)C1=O. The molecule has 0 spiro atoms. The van der Waals surface area contributed by atoms with Gasteiger partial charge >= 0.3 is 6.09 Å². The molecule has 3 N–H and O–H groups in total. The first-order valence-corrected chi connectivity index (χ1v) is 15.5. The number of carbonyl (C=O) groups is 4. The van der Waals surface area contributed by atoms with E-state index in [1.165, 1.54) is 6.92 Å². The zero-order valence-corrected chi connectivity index (χ0v) is 27.5. The van der Waals surface area contributed by atoms with Gasteiger partial charge in [0.2, 0.25) is 5.91 Å². The number of phenols is 1. The second-order valence-corrected chi connectivity index (χ2v) is 13.8. The minimum Gasteiger partial charge on any atom is -0.507 e. The van der Waals surface area contributed by atoms with Gasteiger partial charge in [0.1, 0.15) is 23.4 Å². The first-order valence-electron chi connectivity index (χ1n) is 15.5. The zero-order chi connectivity index (χ0) is 33.3. The van der Waals surface area contributed by atoms with Crippen LogP contribution in [0.15, 0.2) is 28.4 Å². The molecule has 1 aliphatic carbocycles. The Labute approximate surface area is 264 Å². The molecule has 3 aliphatic heterocycles. The molecule has 4 aliphatic rings. The van der Waals surface area contributed by atoms with Crippen LogP contribution in [0.3, 0.4) is 0 Å². The van der Waals surface area contributed by atoms with Crippen LogP contribution >= 0.6 is 0 Å². The second-order valence-electron chi connectivity index (χ2n) is 13.8. The standard InChI is InChI=1S/C34H43N5O6/c1-15-10-20-11-22-24(13-35)39-23(28(38(22)9)26(20)30(41)16(15)2)12-21-27(31(42)18(4)17(3)29(21)40)25(39)14-36-32(43)19(5)37-33(44)45-34(6,7)8/h10,19,22-25,28,41H,11-12,14H2,1-9H3,(H,36,43)(H,37,44)/t19-,22-,23?,24-,25-,28?/m0/s1. The fourth-order valence-corrected chi connectivity index (χ4v) is 7.48. The van der Waals surface area contributed by atoms with Gasteiger partial charge in [0.05, 0.1) is 18.2 Å². The van der Waals surface area contributed by atoms with Crippen molar-refractivity contribution >= 4 is 23.6 Å². The van der Waals surface area contributed by atoms with Crippen molar-refractivity contribution in [3.63, 3.8) is 0 Å². The van der Waals surface area contributed by atoms with Gasteiger partial charge in [-0.1, -0.05) is 6.07 Å². The number of benzene rings is 1. The van der Waals surface area contributed by atoms with Crippen LogP contribution in [0.1, 0.15) is 76.3 Å². The number of nitriles is 1. The van der Waals surface area contributed by atoms with E-state index in [2.05, 4.69) is 27.7 Å². The number of rotatable bonds is 4. The number of aromatic hydroxyl groups is 1. The smallest absolute Gasteiger partial charge is 0.408 e. The summed E-state index contributed by atoms with van der Waals surface area (Å²) in [6.07, 6.45) is 0.000253. The van der Waals surface area contributed by atoms with Crippen molar-refractivity contribution in [2.45, 2.75) is 110 Å². The van der Waals surface area contributed by atoms with Crippen molar-refractivity contribution in [2.75, 3.05) is 13.6 Å². The minimum atomic E-state index is -0.950. The monoisotopic (exact) mass is 617 g/mol. The van der Waals surface area contributed by atoms with Gasteiger partial charge in [0.15, 0.2) is 11.6 Å². The highest BCUT2D eigenvalue weighted by atomic mass is 16.6. The van der Waals surface area contributed by atoms with Crippen molar-refractivity contribution in [3.05, 3.63) is 50.6 Å². The van der Waals surface area contributed by atoms with Crippen LogP contribution in [0.5, 0.6) is 5.75 Å². The molecule has 11 heteroatoms. The molecule has 1 aromatic rings. The summed E-state index contributed by atoms with van der Waals surface area (Å²) in [4.78, 5) is 57.4. The van der Waals surface area contributed by atoms with Gasteiger partial charge < -0.3 is 20.5 Å². The average molecular weight is 618 g/mol. The number of nitrogens with zero attached hydrogens (tertiary/aromatic N) is 3. The summed E-state index contributed by atoms with van der Waals surface area (Å²) in [5, 5.41) is 27.5. The molecular formula is C34H43N5O6. The normalized spacial score (nSPS) is 27.2. The van der Waals surface area contributed by atoms with E-state index in [4.69, 9.17) is 4.74 Å². The summed E-state index contributed by atoms with van der Waals surface area (Å²) in [6.45, 7) is 13.8. The van der Waals surface area contributed by atoms with Crippen LogP contribution in [0.4, 0.5) is 4.79 Å². The predicted octanol–water partition coefficient (Wildman–Crippen LogP) is 3.07. The molecule has 0 saturated carbocycles. The summed E-state index contributed by atoms with van der Waals surface area (Å²) in [7, 11) is 1.95. The van der Waals surface area contributed by atoms with Gasteiger partial charge in [0.25, 0.3) is 0 Å². The minimum absolute atomic E-state index is 0.0625. The summed E-state index contributed by atoms with van der Waals surface area (Å²) < 4.78 is 5.28. The van der Waals surface area contributed by atoms with Crippen molar-refractivity contribution in [1.82, 2.24) is 20.4 Å². The molecule has 0 radical (unpaired) electrons. The van der Waals surface area contributed by atoms with Crippen LogP contribution in [-0.2, 0) is 25.5 Å². The molecule has 2 unspecified atom stereocenters. The van der Waals surface area contributed by atoms with Gasteiger partial charge in [-0.05, 0) is 92.0 Å². The molecule has 240 valence electrons. The van der Waals surface area contributed by atoms with Gasteiger partial charge in [-0.2, -0.15) is 5.26 Å². The number of carbonyl (C=O) groups excluding carboxylic acids is 4. The van der Waals surface area contributed by atoms with Gasteiger partial charge in [-0.25, -0.2) is 4.79 Å². The number of likely N-dealkylation sites (N-methyl/N-ethyl adjacent to an activating group) is 1. The second kappa shape index (κ2) is 11.4. The third-order valence-electron chi connectivity index (χ3n) is 9.98. The van der Waals surface area contributed by atoms with E-state index in [1.54, 1.807) is 34.6 Å². The maximum Gasteiger partial charge on any atom is 0.408 e. The molecule has 6 atom stereocenters. The van der Waals surface area contributed by atoms with Crippen LogP contribution in [-0.4, -0.2) is 87.9 Å². The lowest BCUT2D eigenvalue weighted by molar-refractivity contribution is -0.124.